The smallest absolute Gasteiger partial charge is 0.306 e. The summed E-state index contributed by atoms with van der Waals surface area (Å²) in [6, 6.07) is -0.913. The van der Waals surface area contributed by atoms with Crippen LogP contribution in [0.1, 0.15) is 290 Å². The van der Waals surface area contributed by atoms with Crippen molar-refractivity contribution in [1.82, 2.24) is 5.32 Å². The molecule has 0 aliphatic heterocycles. The van der Waals surface area contributed by atoms with Crippen LogP contribution in [0.4, 0.5) is 0 Å². The third-order valence-corrected chi connectivity index (χ3v) is 15.8. The highest BCUT2D eigenvalue weighted by molar-refractivity contribution is 7.45. The number of likely N-dealkylation sites (N-methyl/N-ethyl adjacent to an activating group) is 1. The molecule has 3 unspecified atom stereocenters. The van der Waals surface area contributed by atoms with Crippen LogP contribution in [-0.4, -0.2) is 69.4 Å². The van der Waals surface area contributed by atoms with Gasteiger partial charge in [-0.2, -0.15) is 0 Å². The van der Waals surface area contributed by atoms with Gasteiger partial charge in [0.25, 0.3) is 7.82 Å². The summed E-state index contributed by atoms with van der Waals surface area (Å²) in [7, 11) is 1.15. The Morgan fingerprint density at radius 2 is 0.819 bits per heavy atom. The molecular formula is C73H129N2O7P. The number of carbonyl (C=O) groups excluding carboxylic acids is 2. The van der Waals surface area contributed by atoms with Crippen molar-refractivity contribution < 1.29 is 37.3 Å². The first-order chi connectivity index (χ1) is 40.4. The number of carbonyl (C=O) groups is 2. The quantitative estimate of drug-likeness (QED) is 0.0161. The molecule has 478 valence electrons. The number of ether oxygens (including phenoxy) is 1. The molecule has 0 radical (unpaired) electrons. The molecule has 1 amide bonds. The summed E-state index contributed by atoms with van der Waals surface area (Å²) in [5.41, 5.74) is 0. The number of hydrogen-bond donors (Lipinski definition) is 1. The first kappa shape index (κ1) is 79.7. The summed E-state index contributed by atoms with van der Waals surface area (Å²) in [5.74, 6) is -0.590. The van der Waals surface area contributed by atoms with Crippen LogP contribution in [0.2, 0.25) is 0 Å². The van der Waals surface area contributed by atoms with Gasteiger partial charge in [0.15, 0.2) is 0 Å². The Morgan fingerprint density at radius 1 is 0.446 bits per heavy atom. The van der Waals surface area contributed by atoms with E-state index in [-0.39, 0.29) is 24.9 Å². The highest BCUT2D eigenvalue weighted by Gasteiger charge is 2.27. The van der Waals surface area contributed by atoms with Crippen LogP contribution in [0.25, 0.3) is 0 Å². The number of esters is 1. The minimum absolute atomic E-state index is 0.0341. The molecule has 0 spiro atoms. The lowest BCUT2D eigenvalue weighted by atomic mass is 10.0. The third-order valence-electron chi connectivity index (χ3n) is 14.8. The molecule has 0 bridgehead atoms. The van der Waals surface area contributed by atoms with Crippen molar-refractivity contribution in [2.75, 3.05) is 40.9 Å². The minimum atomic E-state index is -4.72. The van der Waals surface area contributed by atoms with Crippen LogP contribution in [0.5, 0.6) is 0 Å². The fraction of sp³-hybridized carbons (Fsp3) is 0.726. The number of nitrogens with zero attached hydrogens (tertiary/aromatic N) is 1. The molecule has 1 N–H and O–H groups in total. The Morgan fingerprint density at radius 3 is 1.29 bits per heavy atom. The number of phosphoric acid groups is 1. The van der Waals surface area contributed by atoms with Gasteiger partial charge < -0.3 is 28.5 Å². The van der Waals surface area contributed by atoms with E-state index < -0.39 is 26.6 Å². The fourth-order valence-corrected chi connectivity index (χ4v) is 10.3. The molecule has 0 aromatic rings. The van der Waals surface area contributed by atoms with Crippen molar-refractivity contribution >= 4 is 19.7 Å². The third kappa shape index (κ3) is 63.0. The van der Waals surface area contributed by atoms with Crippen LogP contribution in [0.3, 0.4) is 0 Å². The predicted molar refractivity (Wildman–Crippen MR) is 357 cm³/mol. The van der Waals surface area contributed by atoms with Gasteiger partial charge >= 0.3 is 5.97 Å². The molecule has 83 heavy (non-hydrogen) atoms. The zero-order valence-electron chi connectivity index (χ0n) is 54.6. The molecule has 0 heterocycles. The standard InChI is InChI=1S/C73H129N2O7P/c1-7-10-13-16-19-22-25-28-30-32-33-34-35-36-37-38-39-40-41-43-44-47-50-53-56-59-62-65-72(76)74-70(69-81-83(78,79)80-68-67-75(4,5)6)71(64-61-58-55-52-49-46-27-24-21-18-15-12-9-3)82-73(77)66-63-60-57-54-51-48-45-42-31-29-26-23-20-17-14-11-8-2/h11,14,17,19-20,22-23,26,28-31,42,45,48,51,61,64,70-71H,7-10,12-13,15-16,18,21,24-25,27,32-41,43-44,46-47,49-50,52-60,62-63,65-69H2,1-6H3,(H-,74,76,78,79)/b14-11-,20-17+,22-19-,26-23+,30-28-,31-29-,45-42+,51-48+,64-61-. The minimum Gasteiger partial charge on any atom is -0.756 e. The van der Waals surface area contributed by atoms with E-state index in [0.717, 1.165) is 70.6 Å². The average Bonchev–Trinajstić information content (AvgIpc) is 3.47. The maximum Gasteiger partial charge on any atom is 0.306 e. The van der Waals surface area contributed by atoms with Gasteiger partial charge in [-0.15, -0.1) is 0 Å². The second-order valence-electron chi connectivity index (χ2n) is 24.1. The molecular weight excluding hydrogens is 1050 g/mol. The van der Waals surface area contributed by atoms with Gasteiger partial charge in [-0.1, -0.05) is 304 Å². The Balaban J connectivity index is 5.13. The zero-order chi connectivity index (χ0) is 60.7. The molecule has 10 heteroatoms. The van der Waals surface area contributed by atoms with Gasteiger partial charge in [0, 0.05) is 12.8 Å². The number of nitrogens with one attached hydrogen (secondary N) is 1. The molecule has 0 aromatic carbocycles. The van der Waals surface area contributed by atoms with E-state index in [9.17, 15) is 19.0 Å². The Labute approximate surface area is 512 Å². The van der Waals surface area contributed by atoms with Crippen LogP contribution in [0.15, 0.2) is 109 Å². The summed E-state index contributed by atoms with van der Waals surface area (Å²) in [5, 5.41) is 3.03. The molecule has 9 nitrogen and oxygen atoms in total. The number of amides is 1. The summed E-state index contributed by atoms with van der Waals surface area (Å²) in [6.07, 6.45) is 85.0. The fourth-order valence-electron chi connectivity index (χ4n) is 9.59. The number of unbranched alkanes of at least 4 members (excludes halogenated alkanes) is 34. The SMILES string of the molecule is CC\C=C/C=C/C=C/C=C\C=C\C=C\CCCCCC(=O)OC(/C=C\CCCCCCCCCCCCC)C(COP(=O)([O-])OCC[N+](C)(C)C)NC(=O)CCCCCCCCCCCCCCCCCCC/C=C\C/C=C\CCCCC. The monoisotopic (exact) mass is 1180 g/mol. The van der Waals surface area contributed by atoms with E-state index in [1.165, 1.54) is 180 Å². The summed E-state index contributed by atoms with van der Waals surface area (Å²) < 4.78 is 30.4. The van der Waals surface area contributed by atoms with Crippen molar-refractivity contribution in [3.05, 3.63) is 109 Å². The summed E-state index contributed by atoms with van der Waals surface area (Å²) >= 11 is 0. The topological polar surface area (TPSA) is 114 Å². The van der Waals surface area contributed by atoms with Crippen molar-refractivity contribution in [2.24, 2.45) is 0 Å². The highest BCUT2D eigenvalue weighted by Crippen LogP contribution is 2.38. The van der Waals surface area contributed by atoms with Gasteiger partial charge in [-0.25, -0.2) is 0 Å². The number of allylic oxidation sites excluding steroid dienone is 17. The number of phosphoric ester groups is 1. The van der Waals surface area contributed by atoms with E-state index in [4.69, 9.17) is 13.8 Å². The highest BCUT2D eigenvalue weighted by atomic mass is 31.2. The van der Waals surface area contributed by atoms with E-state index >= 15 is 0 Å². The van der Waals surface area contributed by atoms with E-state index in [1.807, 2.05) is 94.1 Å². The molecule has 0 rings (SSSR count). The lowest BCUT2D eigenvalue weighted by molar-refractivity contribution is -0.870. The molecule has 0 saturated carbocycles. The van der Waals surface area contributed by atoms with Crippen LogP contribution in [0, 0.1) is 0 Å². The molecule has 0 saturated heterocycles. The first-order valence-corrected chi connectivity index (χ1v) is 35.7. The van der Waals surface area contributed by atoms with Crippen LogP contribution in [-0.2, 0) is 27.9 Å². The molecule has 3 atom stereocenters. The second-order valence-corrected chi connectivity index (χ2v) is 25.5. The van der Waals surface area contributed by atoms with Crippen molar-refractivity contribution in [3.8, 4) is 0 Å². The van der Waals surface area contributed by atoms with Gasteiger partial charge in [-0.3, -0.25) is 14.2 Å². The average molecular weight is 1180 g/mol. The summed E-state index contributed by atoms with van der Waals surface area (Å²) in [4.78, 5) is 40.1. The Kier molecular flexibility index (Phi) is 59.3. The zero-order valence-corrected chi connectivity index (χ0v) is 55.5. The lowest BCUT2D eigenvalue weighted by Gasteiger charge is -2.30. The predicted octanol–water partition coefficient (Wildman–Crippen LogP) is 21.0. The maximum atomic E-state index is 13.6. The Bertz CT molecular complexity index is 1790. The van der Waals surface area contributed by atoms with E-state index in [2.05, 4.69) is 62.5 Å². The maximum absolute atomic E-state index is 13.6. The Hall–Kier alpha value is -3.33. The molecule has 0 aliphatic carbocycles. The van der Waals surface area contributed by atoms with Gasteiger partial charge in [-0.05, 0) is 83.1 Å². The number of rotatable bonds is 61. The van der Waals surface area contributed by atoms with Crippen molar-refractivity contribution in [1.29, 1.82) is 0 Å². The number of hydrogen-bond acceptors (Lipinski definition) is 7. The van der Waals surface area contributed by atoms with Crippen molar-refractivity contribution in [2.45, 2.75) is 303 Å². The van der Waals surface area contributed by atoms with Gasteiger partial charge in [0.05, 0.1) is 33.8 Å². The number of quaternary nitrogens is 1. The molecule has 0 aromatic heterocycles. The molecule has 0 aliphatic rings. The van der Waals surface area contributed by atoms with Gasteiger partial charge in [0.2, 0.25) is 5.91 Å². The largest absolute Gasteiger partial charge is 0.756 e. The van der Waals surface area contributed by atoms with Gasteiger partial charge in [0.1, 0.15) is 19.3 Å². The summed E-state index contributed by atoms with van der Waals surface area (Å²) in [6.45, 7) is 6.66. The van der Waals surface area contributed by atoms with E-state index in [1.54, 1.807) is 0 Å². The van der Waals surface area contributed by atoms with E-state index in [0.29, 0.717) is 23.9 Å². The molecule has 0 fully saturated rings. The normalized spacial score (nSPS) is 14.3. The van der Waals surface area contributed by atoms with Crippen LogP contribution >= 0.6 is 7.82 Å². The second kappa shape index (κ2) is 61.7. The van der Waals surface area contributed by atoms with Crippen molar-refractivity contribution in [3.63, 3.8) is 0 Å². The van der Waals surface area contributed by atoms with Crippen LogP contribution < -0.4 is 10.2 Å². The lowest BCUT2D eigenvalue weighted by Crippen LogP contribution is -2.47. The first-order valence-electron chi connectivity index (χ1n) is 34.3.